The second-order valence-electron chi connectivity index (χ2n) is 4.10. The SMILES string of the molecule is CCCC[C@H](CC)C(=O)Nc1ccccc1. The molecule has 0 heterocycles. The number of amides is 1. The number of carbonyl (C=O) groups excluding carboxylic acids is 1. The molecular formula is C14H21NO. The monoisotopic (exact) mass is 219 g/mol. The highest BCUT2D eigenvalue weighted by molar-refractivity contribution is 5.92. The molecule has 0 radical (unpaired) electrons. The summed E-state index contributed by atoms with van der Waals surface area (Å²) in [6.07, 6.45) is 4.18. The number of carbonyl (C=O) groups is 1. The Labute approximate surface area is 98.1 Å². The Balaban J connectivity index is 2.49. The summed E-state index contributed by atoms with van der Waals surface area (Å²) in [4.78, 5) is 11.9. The molecule has 0 aromatic heterocycles. The second kappa shape index (κ2) is 7.04. The molecule has 0 saturated heterocycles. The molecule has 0 aliphatic carbocycles. The van der Waals surface area contributed by atoms with Crippen molar-refractivity contribution in [1.82, 2.24) is 0 Å². The minimum absolute atomic E-state index is 0.153. The number of benzene rings is 1. The van der Waals surface area contributed by atoms with Gasteiger partial charge < -0.3 is 5.32 Å². The summed E-state index contributed by atoms with van der Waals surface area (Å²) in [5.41, 5.74) is 0.891. The molecule has 0 aliphatic heterocycles. The van der Waals surface area contributed by atoms with E-state index in [-0.39, 0.29) is 11.8 Å². The van der Waals surface area contributed by atoms with Crippen LogP contribution in [0.1, 0.15) is 39.5 Å². The Bertz CT molecular complexity index is 308. The fourth-order valence-corrected chi connectivity index (χ4v) is 1.74. The molecule has 0 aliphatic rings. The summed E-state index contributed by atoms with van der Waals surface area (Å²) < 4.78 is 0. The van der Waals surface area contributed by atoms with Crippen LogP contribution in [-0.4, -0.2) is 5.91 Å². The number of unbranched alkanes of at least 4 members (excludes halogenated alkanes) is 1. The molecule has 88 valence electrons. The van der Waals surface area contributed by atoms with Crippen molar-refractivity contribution in [2.75, 3.05) is 5.32 Å². The first-order chi connectivity index (χ1) is 7.77. The number of hydrogen-bond acceptors (Lipinski definition) is 1. The van der Waals surface area contributed by atoms with Gasteiger partial charge in [0.05, 0.1) is 0 Å². The topological polar surface area (TPSA) is 29.1 Å². The summed E-state index contributed by atoms with van der Waals surface area (Å²) in [7, 11) is 0. The van der Waals surface area contributed by atoms with Crippen molar-refractivity contribution in [3.8, 4) is 0 Å². The van der Waals surface area contributed by atoms with Gasteiger partial charge in [0.2, 0.25) is 5.91 Å². The van der Waals surface area contributed by atoms with Gasteiger partial charge in [-0.3, -0.25) is 4.79 Å². The van der Waals surface area contributed by atoms with E-state index >= 15 is 0 Å². The van der Waals surface area contributed by atoms with Gasteiger partial charge in [-0.25, -0.2) is 0 Å². The van der Waals surface area contributed by atoms with Gasteiger partial charge in [0, 0.05) is 11.6 Å². The first-order valence-electron chi connectivity index (χ1n) is 6.13. The maximum Gasteiger partial charge on any atom is 0.227 e. The number of nitrogens with one attached hydrogen (secondary N) is 1. The van der Waals surface area contributed by atoms with E-state index in [1.54, 1.807) is 0 Å². The van der Waals surface area contributed by atoms with Crippen molar-refractivity contribution < 1.29 is 4.79 Å². The van der Waals surface area contributed by atoms with Crippen LogP contribution >= 0.6 is 0 Å². The number of hydrogen-bond donors (Lipinski definition) is 1. The normalized spacial score (nSPS) is 12.1. The maximum absolute atomic E-state index is 11.9. The van der Waals surface area contributed by atoms with Crippen molar-refractivity contribution in [1.29, 1.82) is 0 Å². The average Bonchev–Trinajstić information content (AvgIpc) is 2.31. The Hall–Kier alpha value is -1.31. The average molecular weight is 219 g/mol. The fraction of sp³-hybridized carbons (Fsp3) is 0.500. The third-order valence-electron chi connectivity index (χ3n) is 2.81. The number of anilines is 1. The van der Waals surface area contributed by atoms with Crippen molar-refractivity contribution in [3.05, 3.63) is 30.3 Å². The highest BCUT2D eigenvalue weighted by atomic mass is 16.1. The first-order valence-corrected chi connectivity index (χ1v) is 6.13. The molecule has 2 heteroatoms. The Morgan fingerprint density at radius 3 is 2.50 bits per heavy atom. The van der Waals surface area contributed by atoms with Crippen molar-refractivity contribution in [2.24, 2.45) is 5.92 Å². The molecule has 1 atom stereocenters. The fourth-order valence-electron chi connectivity index (χ4n) is 1.74. The van der Waals surface area contributed by atoms with E-state index in [1.165, 1.54) is 0 Å². The Kier molecular flexibility index (Phi) is 5.62. The van der Waals surface area contributed by atoms with Crippen molar-refractivity contribution in [2.45, 2.75) is 39.5 Å². The maximum atomic E-state index is 11.9. The lowest BCUT2D eigenvalue weighted by atomic mass is 9.98. The van der Waals surface area contributed by atoms with E-state index in [4.69, 9.17) is 0 Å². The summed E-state index contributed by atoms with van der Waals surface area (Å²) in [5, 5.41) is 2.96. The van der Waals surface area contributed by atoms with Crippen LogP contribution in [0.4, 0.5) is 5.69 Å². The zero-order valence-corrected chi connectivity index (χ0v) is 10.2. The minimum atomic E-state index is 0.153. The Morgan fingerprint density at radius 2 is 1.94 bits per heavy atom. The summed E-state index contributed by atoms with van der Waals surface area (Å²) in [6, 6.07) is 9.66. The van der Waals surface area contributed by atoms with Gasteiger partial charge in [-0.2, -0.15) is 0 Å². The summed E-state index contributed by atoms with van der Waals surface area (Å²) in [5.74, 6) is 0.308. The van der Waals surface area contributed by atoms with E-state index in [0.29, 0.717) is 0 Å². The number of rotatable bonds is 6. The predicted molar refractivity (Wildman–Crippen MR) is 68.4 cm³/mol. The molecule has 0 bridgehead atoms. The highest BCUT2D eigenvalue weighted by Gasteiger charge is 2.15. The zero-order chi connectivity index (χ0) is 11.8. The molecular weight excluding hydrogens is 198 g/mol. The predicted octanol–water partition coefficient (Wildman–Crippen LogP) is 3.84. The van der Waals surface area contributed by atoms with Crippen LogP contribution < -0.4 is 5.32 Å². The first kappa shape index (κ1) is 12.8. The van der Waals surface area contributed by atoms with Crippen LogP contribution in [0.2, 0.25) is 0 Å². The molecule has 2 nitrogen and oxygen atoms in total. The zero-order valence-electron chi connectivity index (χ0n) is 10.2. The van der Waals surface area contributed by atoms with Crippen molar-refractivity contribution in [3.63, 3.8) is 0 Å². The van der Waals surface area contributed by atoms with Crippen LogP contribution in [0.15, 0.2) is 30.3 Å². The van der Waals surface area contributed by atoms with Crippen LogP contribution in [0.5, 0.6) is 0 Å². The smallest absolute Gasteiger partial charge is 0.227 e. The standard InChI is InChI=1S/C14H21NO/c1-3-5-9-12(4-2)14(16)15-13-10-7-6-8-11-13/h6-8,10-12H,3-5,9H2,1-2H3,(H,15,16)/t12-/m0/s1. The molecule has 1 rings (SSSR count). The summed E-state index contributed by atoms with van der Waals surface area (Å²) in [6.45, 7) is 4.23. The molecule has 0 saturated carbocycles. The molecule has 0 fully saturated rings. The van der Waals surface area contributed by atoms with Gasteiger partial charge in [0.15, 0.2) is 0 Å². The van der Waals surface area contributed by atoms with Crippen LogP contribution in [0.3, 0.4) is 0 Å². The van der Waals surface area contributed by atoms with E-state index in [1.807, 2.05) is 30.3 Å². The third kappa shape index (κ3) is 4.05. The van der Waals surface area contributed by atoms with Crippen LogP contribution in [0, 0.1) is 5.92 Å². The van der Waals surface area contributed by atoms with Gasteiger partial charge in [0.1, 0.15) is 0 Å². The molecule has 1 aromatic rings. The molecule has 1 N–H and O–H groups in total. The quantitative estimate of drug-likeness (QED) is 0.773. The molecule has 1 aromatic carbocycles. The van der Waals surface area contributed by atoms with Crippen molar-refractivity contribution >= 4 is 11.6 Å². The van der Waals surface area contributed by atoms with Crippen LogP contribution in [-0.2, 0) is 4.79 Å². The number of para-hydroxylation sites is 1. The molecule has 1 amide bonds. The van der Waals surface area contributed by atoms with E-state index in [0.717, 1.165) is 31.4 Å². The molecule has 16 heavy (non-hydrogen) atoms. The van der Waals surface area contributed by atoms with Gasteiger partial charge in [-0.05, 0) is 25.0 Å². The minimum Gasteiger partial charge on any atom is -0.326 e. The van der Waals surface area contributed by atoms with Crippen LogP contribution in [0.25, 0.3) is 0 Å². The van der Waals surface area contributed by atoms with E-state index in [2.05, 4.69) is 19.2 Å². The lowest BCUT2D eigenvalue weighted by Gasteiger charge is -2.14. The van der Waals surface area contributed by atoms with E-state index < -0.39 is 0 Å². The lowest BCUT2D eigenvalue weighted by molar-refractivity contribution is -0.120. The van der Waals surface area contributed by atoms with Gasteiger partial charge in [-0.15, -0.1) is 0 Å². The summed E-state index contributed by atoms with van der Waals surface area (Å²) >= 11 is 0. The van der Waals surface area contributed by atoms with E-state index in [9.17, 15) is 4.79 Å². The lowest BCUT2D eigenvalue weighted by Crippen LogP contribution is -2.22. The van der Waals surface area contributed by atoms with Gasteiger partial charge >= 0.3 is 0 Å². The van der Waals surface area contributed by atoms with Gasteiger partial charge in [-0.1, -0.05) is 44.9 Å². The largest absolute Gasteiger partial charge is 0.326 e. The highest BCUT2D eigenvalue weighted by Crippen LogP contribution is 2.15. The molecule has 0 spiro atoms. The van der Waals surface area contributed by atoms with Gasteiger partial charge in [0.25, 0.3) is 0 Å². The second-order valence-corrected chi connectivity index (χ2v) is 4.10. The Morgan fingerprint density at radius 1 is 1.25 bits per heavy atom. The third-order valence-corrected chi connectivity index (χ3v) is 2.81. The molecule has 0 unspecified atom stereocenters.